The highest BCUT2D eigenvalue weighted by Gasteiger charge is 2.34. The van der Waals surface area contributed by atoms with Crippen LogP contribution < -0.4 is 10.1 Å². The fourth-order valence-electron chi connectivity index (χ4n) is 3.44. The molecule has 1 aliphatic rings. The van der Waals surface area contributed by atoms with Crippen molar-refractivity contribution in [2.75, 3.05) is 7.11 Å². The number of nitrogens with zero attached hydrogens (tertiary/aromatic N) is 2. The number of esters is 1. The van der Waals surface area contributed by atoms with Crippen molar-refractivity contribution in [3.8, 4) is 5.75 Å². The van der Waals surface area contributed by atoms with E-state index >= 15 is 0 Å². The number of nitrogens with one attached hydrogen (secondary N) is 1. The van der Waals surface area contributed by atoms with Gasteiger partial charge in [0.1, 0.15) is 23.9 Å². The summed E-state index contributed by atoms with van der Waals surface area (Å²) in [6.45, 7) is -0.579. The SMILES string of the molecule is COC(=O)c1ccc(CN2C(=O)N/C(=C\c3cc(Cl)c(OCc4ccccc4F)c([N+](=O)[O-])c3)C2=O)o1. The molecule has 11 nitrogen and oxygen atoms in total. The van der Waals surface area contributed by atoms with Crippen LogP contribution in [0.25, 0.3) is 6.08 Å². The number of imide groups is 1. The summed E-state index contributed by atoms with van der Waals surface area (Å²) in [5.74, 6) is -2.22. The quantitative estimate of drug-likeness (QED) is 0.148. The highest BCUT2D eigenvalue weighted by Crippen LogP contribution is 2.37. The van der Waals surface area contributed by atoms with Crippen LogP contribution in [0.1, 0.15) is 27.4 Å². The zero-order valence-electron chi connectivity index (χ0n) is 19.0. The zero-order valence-corrected chi connectivity index (χ0v) is 19.8. The molecule has 1 fully saturated rings. The van der Waals surface area contributed by atoms with E-state index in [1.54, 1.807) is 6.07 Å². The molecule has 1 saturated heterocycles. The van der Waals surface area contributed by atoms with Gasteiger partial charge in [-0.05, 0) is 35.9 Å². The average Bonchev–Trinajstić information content (AvgIpc) is 3.44. The third-order valence-corrected chi connectivity index (χ3v) is 5.49. The molecule has 13 heteroatoms. The summed E-state index contributed by atoms with van der Waals surface area (Å²) in [7, 11) is 1.18. The van der Waals surface area contributed by atoms with E-state index in [2.05, 4.69) is 10.1 Å². The Bertz CT molecular complexity index is 1450. The Hall–Kier alpha value is -4.71. The van der Waals surface area contributed by atoms with Gasteiger partial charge in [0.05, 0.1) is 23.6 Å². The first kappa shape index (κ1) is 25.4. The molecule has 0 saturated carbocycles. The largest absolute Gasteiger partial charge is 0.481 e. The lowest BCUT2D eigenvalue weighted by Crippen LogP contribution is -2.30. The van der Waals surface area contributed by atoms with Crippen molar-refractivity contribution in [3.05, 3.63) is 97.8 Å². The Labute approximate surface area is 213 Å². The molecule has 3 amide bonds. The van der Waals surface area contributed by atoms with Gasteiger partial charge in [0.2, 0.25) is 11.5 Å². The summed E-state index contributed by atoms with van der Waals surface area (Å²) in [5, 5.41) is 13.9. The van der Waals surface area contributed by atoms with Crippen molar-refractivity contribution >= 4 is 41.3 Å². The molecule has 2 aromatic carbocycles. The van der Waals surface area contributed by atoms with Crippen LogP contribution in [-0.2, 0) is 22.7 Å². The number of methoxy groups -OCH3 is 1. The van der Waals surface area contributed by atoms with Gasteiger partial charge in [-0.2, -0.15) is 0 Å². The number of amides is 3. The second-order valence-electron chi connectivity index (χ2n) is 7.63. The molecule has 0 aliphatic carbocycles. The van der Waals surface area contributed by atoms with Crippen molar-refractivity contribution in [3.63, 3.8) is 0 Å². The molecule has 0 radical (unpaired) electrons. The number of benzene rings is 2. The standard InChI is InChI=1S/C24H17ClFN3O8/c1-35-23(31)20-7-6-15(37-20)11-28-22(30)18(27-24(28)32)9-13-8-16(25)21(19(10-13)29(33)34)36-12-14-4-2-3-5-17(14)26/h2-10H,11-12H2,1H3,(H,27,32)/b18-9-. The summed E-state index contributed by atoms with van der Waals surface area (Å²) in [4.78, 5) is 48.5. The van der Waals surface area contributed by atoms with Gasteiger partial charge in [-0.3, -0.25) is 19.8 Å². The number of urea groups is 1. The minimum atomic E-state index is -0.766. The molecule has 37 heavy (non-hydrogen) atoms. The van der Waals surface area contributed by atoms with E-state index in [9.17, 15) is 28.9 Å². The van der Waals surface area contributed by atoms with Gasteiger partial charge in [0.25, 0.3) is 5.91 Å². The number of halogens is 2. The number of nitro groups is 1. The van der Waals surface area contributed by atoms with Crippen molar-refractivity contribution in [1.82, 2.24) is 10.2 Å². The van der Waals surface area contributed by atoms with Crippen LogP contribution in [0.2, 0.25) is 5.02 Å². The molecule has 0 unspecified atom stereocenters. The number of carbonyl (C=O) groups excluding carboxylic acids is 3. The molecule has 2 heterocycles. The molecule has 1 aromatic heterocycles. The van der Waals surface area contributed by atoms with Gasteiger partial charge < -0.3 is 19.2 Å². The average molecular weight is 530 g/mol. The van der Waals surface area contributed by atoms with E-state index in [0.717, 1.165) is 11.0 Å². The predicted molar refractivity (Wildman–Crippen MR) is 126 cm³/mol. The molecular weight excluding hydrogens is 513 g/mol. The topological polar surface area (TPSA) is 141 Å². The van der Waals surface area contributed by atoms with Crippen LogP contribution in [0.5, 0.6) is 5.75 Å². The fourth-order valence-corrected chi connectivity index (χ4v) is 3.71. The highest BCUT2D eigenvalue weighted by atomic mass is 35.5. The fraction of sp³-hybridized carbons (Fsp3) is 0.125. The van der Waals surface area contributed by atoms with E-state index in [1.807, 2.05) is 0 Å². The van der Waals surface area contributed by atoms with Gasteiger partial charge in [0, 0.05) is 11.6 Å². The van der Waals surface area contributed by atoms with Crippen LogP contribution >= 0.6 is 11.6 Å². The lowest BCUT2D eigenvalue weighted by Gasteiger charge is -2.10. The third kappa shape index (κ3) is 5.43. The van der Waals surface area contributed by atoms with Crippen molar-refractivity contribution in [2.24, 2.45) is 0 Å². The number of hydrogen-bond donors (Lipinski definition) is 1. The highest BCUT2D eigenvalue weighted by molar-refractivity contribution is 6.32. The van der Waals surface area contributed by atoms with Crippen molar-refractivity contribution in [1.29, 1.82) is 0 Å². The first-order chi connectivity index (χ1) is 17.7. The summed E-state index contributed by atoms with van der Waals surface area (Å²) in [6, 6.07) is 10.2. The van der Waals surface area contributed by atoms with Gasteiger partial charge in [-0.25, -0.2) is 14.0 Å². The van der Waals surface area contributed by atoms with Gasteiger partial charge in [0.15, 0.2) is 0 Å². The smallest absolute Gasteiger partial charge is 0.373 e. The van der Waals surface area contributed by atoms with E-state index < -0.39 is 34.3 Å². The molecule has 1 aliphatic heterocycles. The Balaban J connectivity index is 1.55. The zero-order chi connectivity index (χ0) is 26.7. The van der Waals surface area contributed by atoms with Crippen LogP contribution in [0.3, 0.4) is 0 Å². The summed E-state index contributed by atoms with van der Waals surface area (Å²) >= 11 is 6.23. The maximum atomic E-state index is 13.9. The van der Waals surface area contributed by atoms with Crippen LogP contribution in [0, 0.1) is 15.9 Å². The van der Waals surface area contributed by atoms with Crippen LogP contribution in [-0.4, -0.2) is 34.8 Å². The first-order valence-electron chi connectivity index (χ1n) is 10.5. The third-order valence-electron chi connectivity index (χ3n) is 5.21. The lowest BCUT2D eigenvalue weighted by molar-refractivity contribution is -0.385. The van der Waals surface area contributed by atoms with Crippen molar-refractivity contribution in [2.45, 2.75) is 13.2 Å². The normalized spacial score (nSPS) is 14.1. The van der Waals surface area contributed by atoms with E-state index in [4.69, 9.17) is 20.8 Å². The predicted octanol–water partition coefficient (Wildman–Crippen LogP) is 4.44. The number of ether oxygens (including phenoxy) is 2. The molecule has 1 N–H and O–H groups in total. The Kier molecular flexibility index (Phi) is 7.20. The van der Waals surface area contributed by atoms with Gasteiger partial charge in [-0.15, -0.1) is 0 Å². The van der Waals surface area contributed by atoms with E-state index in [0.29, 0.717) is 0 Å². The maximum Gasteiger partial charge on any atom is 0.373 e. The van der Waals surface area contributed by atoms with Gasteiger partial charge in [-0.1, -0.05) is 29.8 Å². The second kappa shape index (κ2) is 10.5. The number of rotatable bonds is 8. The van der Waals surface area contributed by atoms with E-state index in [1.165, 1.54) is 49.6 Å². The minimum absolute atomic E-state index is 0.0976. The summed E-state index contributed by atoms with van der Waals surface area (Å²) < 4.78 is 29.2. The maximum absolute atomic E-state index is 13.9. The van der Waals surface area contributed by atoms with Gasteiger partial charge >= 0.3 is 17.7 Å². The lowest BCUT2D eigenvalue weighted by atomic mass is 10.1. The number of furan rings is 1. The molecule has 3 aromatic rings. The Morgan fingerprint density at radius 3 is 2.70 bits per heavy atom. The Morgan fingerprint density at radius 2 is 2.00 bits per heavy atom. The van der Waals surface area contributed by atoms with Crippen LogP contribution in [0.4, 0.5) is 14.9 Å². The van der Waals surface area contributed by atoms with Crippen LogP contribution in [0.15, 0.2) is 58.6 Å². The molecule has 0 spiro atoms. The molecular formula is C24H17ClFN3O8. The second-order valence-corrected chi connectivity index (χ2v) is 8.03. The molecule has 190 valence electrons. The number of nitro benzene ring substituents is 1. The minimum Gasteiger partial charge on any atom is -0.481 e. The van der Waals surface area contributed by atoms with Crippen molar-refractivity contribution < 1.29 is 37.6 Å². The molecule has 4 rings (SSSR count). The number of hydrogen-bond acceptors (Lipinski definition) is 8. The Morgan fingerprint density at radius 1 is 1.24 bits per heavy atom. The van der Waals surface area contributed by atoms with E-state index in [-0.39, 0.29) is 52.3 Å². The molecule has 0 atom stereocenters. The number of carbonyl (C=O) groups is 3. The summed E-state index contributed by atoms with van der Waals surface area (Å²) in [5.41, 5.74) is -0.384. The molecule has 0 bridgehead atoms. The first-order valence-corrected chi connectivity index (χ1v) is 10.9. The summed E-state index contributed by atoms with van der Waals surface area (Å²) in [6.07, 6.45) is 1.21. The monoisotopic (exact) mass is 529 g/mol.